The van der Waals surface area contributed by atoms with Crippen LogP contribution in [0.15, 0.2) is 66.9 Å². The number of ether oxygens (including phenoxy) is 1. The molecule has 1 heterocycles. The van der Waals surface area contributed by atoms with E-state index in [-0.39, 0.29) is 30.5 Å². The van der Waals surface area contributed by atoms with E-state index in [1.807, 2.05) is 31.2 Å². The van der Waals surface area contributed by atoms with Gasteiger partial charge in [-0.25, -0.2) is 14.6 Å². The number of pyridine rings is 1. The summed E-state index contributed by atoms with van der Waals surface area (Å²) in [6.45, 7) is 2.17. The zero-order chi connectivity index (χ0) is 24.8. The lowest BCUT2D eigenvalue weighted by atomic mass is 9.98. The fraction of sp³-hybridized carbons (Fsp3) is 0.259. The highest BCUT2D eigenvalue weighted by Crippen LogP contribution is 2.44. The third-order valence-electron chi connectivity index (χ3n) is 6.00. The highest BCUT2D eigenvalue weighted by atomic mass is 16.5. The molecule has 4 rings (SSSR count). The Bertz CT molecular complexity index is 1180. The van der Waals surface area contributed by atoms with Gasteiger partial charge < -0.3 is 20.5 Å². The minimum Gasteiger partial charge on any atom is -0.477 e. The molecule has 1 aromatic heterocycles. The Morgan fingerprint density at radius 1 is 1.00 bits per heavy atom. The van der Waals surface area contributed by atoms with Gasteiger partial charge in [0.2, 0.25) is 5.91 Å². The summed E-state index contributed by atoms with van der Waals surface area (Å²) in [4.78, 5) is 39.8. The van der Waals surface area contributed by atoms with Gasteiger partial charge in [-0.05, 0) is 40.8 Å². The van der Waals surface area contributed by atoms with Gasteiger partial charge in [0.25, 0.3) is 0 Å². The van der Waals surface area contributed by atoms with Crippen molar-refractivity contribution >= 4 is 23.7 Å². The van der Waals surface area contributed by atoms with Gasteiger partial charge in [0, 0.05) is 18.4 Å². The largest absolute Gasteiger partial charge is 0.477 e. The quantitative estimate of drug-likeness (QED) is 0.410. The molecule has 3 aromatic rings. The van der Waals surface area contributed by atoms with Crippen molar-refractivity contribution in [2.24, 2.45) is 0 Å². The molecule has 0 aliphatic heterocycles. The van der Waals surface area contributed by atoms with Gasteiger partial charge in [-0.2, -0.15) is 0 Å². The number of carbonyl (C=O) groups is 3. The normalized spacial score (nSPS) is 12.8. The van der Waals surface area contributed by atoms with E-state index in [1.54, 1.807) is 0 Å². The second kappa shape index (κ2) is 10.8. The first kappa shape index (κ1) is 23.9. The van der Waals surface area contributed by atoms with Crippen LogP contribution in [0.3, 0.4) is 0 Å². The number of hydrogen-bond acceptors (Lipinski definition) is 5. The fourth-order valence-corrected chi connectivity index (χ4v) is 4.41. The van der Waals surface area contributed by atoms with Crippen molar-refractivity contribution in [1.82, 2.24) is 10.3 Å². The lowest BCUT2D eigenvalue weighted by Gasteiger charge is -2.19. The molecule has 1 aliphatic carbocycles. The van der Waals surface area contributed by atoms with Crippen molar-refractivity contribution in [3.63, 3.8) is 0 Å². The van der Waals surface area contributed by atoms with E-state index >= 15 is 0 Å². The lowest BCUT2D eigenvalue weighted by molar-refractivity contribution is -0.116. The topological polar surface area (TPSA) is 118 Å². The number of fused-ring (bicyclic) bond motifs is 3. The van der Waals surface area contributed by atoms with E-state index in [0.29, 0.717) is 12.1 Å². The Morgan fingerprint density at radius 3 is 2.23 bits per heavy atom. The number of carboxylic acid groups (broad SMARTS) is 1. The molecule has 8 heteroatoms. The average molecular weight is 474 g/mol. The van der Waals surface area contributed by atoms with Gasteiger partial charge in [-0.3, -0.25) is 4.79 Å². The Balaban J connectivity index is 1.33. The van der Waals surface area contributed by atoms with Crippen molar-refractivity contribution < 1.29 is 24.2 Å². The molecule has 0 spiro atoms. The predicted molar refractivity (Wildman–Crippen MR) is 131 cm³/mol. The average Bonchev–Trinajstić information content (AvgIpc) is 3.17. The van der Waals surface area contributed by atoms with Crippen LogP contribution in [0.4, 0.5) is 10.5 Å². The van der Waals surface area contributed by atoms with Crippen LogP contribution < -0.4 is 10.6 Å². The number of benzene rings is 2. The lowest BCUT2D eigenvalue weighted by Crippen LogP contribution is -2.38. The molecule has 8 nitrogen and oxygen atoms in total. The van der Waals surface area contributed by atoms with Crippen LogP contribution in [0.1, 0.15) is 53.7 Å². The van der Waals surface area contributed by atoms with Crippen LogP contribution in [-0.2, 0) is 9.53 Å². The highest BCUT2D eigenvalue weighted by Gasteiger charge is 2.29. The van der Waals surface area contributed by atoms with Crippen molar-refractivity contribution in [2.45, 2.75) is 38.1 Å². The number of carboxylic acids is 1. The maximum absolute atomic E-state index is 12.6. The Hall–Kier alpha value is -4.20. The molecule has 0 radical (unpaired) electrons. The van der Waals surface area contributed by atoms with Crippen LogP contribution in [0.25, 0.3) is 11.1 Å². The molecule has 0 saturated heterocycles. The molecule has 3 N–H and O–H groups in total. The van der Waals surface area contributed by atoms with Crippen molar-refractivity contribution in [1.29, 1.82) is 0 Å². The van der Waals surface area contributed by atoms with Crippen molar-refractivity contribution in [2.75, 3.05) is 11.9 Å². The van der Waals surface area contributed by atoms with E-state index < -0.39 is 18.1 Å². The number of anilines is 1. The number of carbonyl (C=O) groups excluding carboxylic acids is 2. The van der Waals surface area contributed by atoms with E-state index in [2.05, 4.69) is 39.9 Å². The number of hydrogen-bond donors (Lipinski definition) is 3. The van der Waals surface area contributed by atoms with Crippen LogP contribution in [0.5, 0.6) is 0 Å². The molecule has 1 unspecified atom stereocenters. The van der Waals surface area contributed by atoms with Crippen LogP contribution >= 0.6 is 0 Å². The molecule has 0 bridgehead atoms. The van der Waals surface area contributed by atoms with Crippen molar-refractivity contribution in [3.05, 3.63) is 83.7 Å². The smallest absolute Gasteiger partial charge is 0.407 e. The number of aromatic carboxylic acids is 1. The highest BCUT2D eigenvalue weighted by molar-refractivity contribution is 5.92. The monoisotopic (exact) mass is 473 g/mol. The summed E-state index contributed by atoms with van der Waals surface area (Å²) in [5, 5.41) is 14.4. The molecular formula is C27H27N3O5. The first-order chi connectivity index (χ1) is 17.0. The minimum atomic E-state index is -1.14. The summed E-state index contributed by atoms with van der Waals surface area (Å²) < 4.78 is 5.60. The molecule has 35 heavy (non-hydrogen) atoms. The molecule has 2 amide bonds. The Labute approximate surface area is 203 Å². The van der Waals surface area contributed by atoms with E-state index in [4.69, 9.17) is 9.84 Å². The fourth-order valence-electron chi connectivity index (χ4n) is 4.41. The van der Waals surface area contributed by atoms with Gasteiger partial charge in [0.1, 0.15) is 12.3 Å². The number of nitrogens with one attached hydrogen (secondary N) is 2. The maximum Gasteiger partial charge on any atom is 0.407 e. The van der Waals surface area contributed by atoms with Gasteiger partial charge in [0.05, 0.1) is 11.9 Å². The van der Waals surface area contributed by atoms with Gasteiger partial charge >= 0.3 is 12.1 Å². The molecule has 180 valence electrons. The molecule has 2 aromatic carbocycles. The Kier molecular flexibility index (Phi) is 7.40. The summed E-state index contributed by atoms with van der Waals surface area (Å²) in [6, 6.07) is 18.6. The number of alkyl carbamates (subject to hydrolysis) is 1. The van der Waals surface area contributed by atoms with E-state index in [9.17, 15) is 14.4 Å². The first-order valence-corrected chi connectivity index (χ1v) is 11.6. The maximum atomic E-state index is 12.6. The number of aromatic nitrogens is 1. The number of nitrogens with zero attached hydrogens (tertiary/aromatic N) is 1. The summed E-state index contributed by atoms with van der Waals surface area (Å²) in [7, 11) is 0. The zero-order valence-electron chi connectivity index (χ0n) is 19.4. The van der Waals surface area contributed by atoms with Gasteiger partial charge in [-0.15, -0.1) is 0 Å². The van der Waals surface area contributed by atoms with Crippen LogP contribution in [0, 0.1) is 0 Å². The SMILES string of the molecule is CCCC(CC(=O)Nc1ccc(C(=O)O)nc1)NC(=O)OCC1c2ccccc2-c2ccccc21. The third kappa shape index (κ3) is 5.66. The minimum absolute atomic E-state index is 0.0395. The zero-order valence-corrected chi connectivity index (χ0v) is 19.4. The molecule has 1 atom stereocenters. The van der Waals surface area contributed by atoms with Crippen LogP contribution in [0.2, 0.25) is 0 Å². The predicted octanol–water partition coefficient (Wildman–Crippen LogP) is 4.82. The molecule has 1 aliphatic rings. The van der Waals surface area contributed by atoms with E-state index in [0.717, 1.165) is 28.7 Å². The van der Waals surface area contributed by atoms with E-state index in [1.165, 1.54) is 18.3 Å². The summed E-state index contributed by atoms with van der Waals surface area (Å²) in [6.07, 6.45) is 2.16. The van der Waals surface area contributed by atoms with Gasteiger partial charge in [0.15, 0.2) is 0 Å². The summed E-state index contributed by atoms with van der Waals surface area (Å²) in [5.41, 5.74) is 4.86. The second-order valence-corrected chi connectivity index (χ2v) is 8.45. The summed E-state index contributed by atoms with van der Waals surface area (Å²) in [5.74, 6) is -1.49. The van der Waals surface area contributed by atoms with Crippen molar-refractivity contribution in [3.8, 4) is 11.1 Å². The number of rotatable bonds is 9. The van der Waals surface area contributed by atoms with Gasteiger partial charge in [-0.1, -0.05) is 61.9 Å². The third-order valence-corrected chi connectivity index (χ3v) is 6.00. The Morgan fingerprint density at radius 2 is 1.66 bits per heavy atom. The summed E-state index contributed by atoms with van der Waals surface area (Å²) >= 11 is 0. The molecular weight excluding hydrogens is 446 g/mol. The molecule has 0 fully saturated rings. The second-order valence-electron chi connectivity index (χ2n) is 8.45. The number of amides is 2. The standard InChI is InChI=1S/C27H27N3O5/c1-2-7-17(14-25(31)29-18-12-13-24(26(32)33)28-15-18)30-27(34)35-16-23-21-10-5-3-8-19(21)20-9-4-6-11-22(20)23/h3-6,8-13,15,17,23H,2,7,14,16H2,1H3,(H,29,31)(H,30,34)(H,32,33). The first-order valence-electron chi connectivity index (χ1n) is 11.6. The van der Waals surface area contributed by atoms with Crippen LogP contribution in [-0.4, -0.2) is 40.7 Å². The molecule has 0 saturated carbocycles.